The Morgan fingerprint density at radius 2 is 1.94 bits per heavy atom. The van der Waals surface area contributed by atoms with Crippen LogP contribution in [0.25, 0.3) is 6.08 Å². The number of hydrogen-bond donors (Lipinski definition) is 1. The summed E-state index contributed by atoms with van der Waals surface area (Å²) in [5.74, 6) is -0.529. The Kier molecular flexibility index (Phi) is 7.31. The zero-order valence-electron chi connectivity index (χ0n) is 17.9. The molecule has 0 unspecified atom stereocenters. The molecule has 3 aromatic rings. The minimum atomic E-state index is -0.391. The number of halogens is 2. The summed E-state index contributed by atoms with van der Waals surface area (Å²) in [7, 11) is 0. The van der Waals surface area contributed by atoms with Crippen molar-refractivity contribution in [3.8, 4) is 5.75 Å². The van der Waals surface area contributed by atoms with Crippen LogP contribution in [-0.2, 0) is 9.59 Å². The van der Waals surface area contributed by atoms with Crippen molar-refractivity contribution >= 4 is 69.2 Å². The molecule has 1 fully saturated rings. The maximum Gasteiger partial charge on any atom is 0.270 e. The number of benzene rings is 3. The lowest BCUT2D eigenvalue weighted by atomic mass is 10.2. The van der Waals surface area contributed by atoms with Crippen LogP contribution in [0.3, 0.4) is 0 Å². The molecular formula is C25H18ClFN2O3S2. The lowest BCUT2D eigenvalue weighted by molar-refractivity contribution is -0.118. The van der Waals surface area contributed by atoms with Gasteiger partial charge in [0.15, 0.2) is 10.9 Å². The highest BCUT2D eigenvalue weighted by molar-refractivity contribution is 8.27. The van der Waals surface area contributed by atoms with E-state index in [0.29, 0.717) is 36.9 Å². The lowest BCUT2D eigenvalue weighted by Crippen LogP contribution is -2.27. The minimum Gasteiger partial charge on any atom is -0.484 e. The number of thioether (sulfide) groups is 1. The van der Waals surface area contributed by atoms with Gasteiger partial charge in [-0.2, -0.15) is 0 Å². The molecule has 34 heavy (non-hydrogen) atoms. The number of rotatable bonds is 6. The second-order valence-electron chi connectivity index (χ2n) is 7.36. The van der Waals surface area contributed by atoms with E-state index in [1.807, 2.05) is 19.1 Å². The highest BCUT2D eigenvalue weighted by atomic mass is 35.5. The minimum absolute atomic E-state index is 0.192. The van der Waals surface area contributed by atoms with Crippen LogP contribution in [-0.4, -0.2) is 22.7 Å². The zero-order valence-corrected chi connectivity index (χ0v) is 20.3. The van der Waals surface area contributed by atoms with E-state index in [1.165, 1.54) is 29.2 Å². The third-order valence-electron chi connectivity index (χ3n) is 4.88. The molecule has 1 saturated heterocycles. The maximum absolute atomic E-state index is 13.2. The monoisotopic (exact) mass is 512 g/mol. The summed E-state index contributed by atoms with van der Waals surface area (Å²) in [6.07, 6.45) is 1.70. The average Bonchev–Trinajstić information content (AvgIpc) is 3.08. The Balaban J connectivity index is 1.42. The van der Waals surface area contributed by atoms with E-state index in [-0.39, 0.29) is 18.4 Å². The van der Waals surface area contributed by atoms with Gasteiger partial charge in [-0.25, -0.2) is 4.39 Å². The van der Waals surface area contributed by atoms with Crippen molar-refractivity contribution in [3.05, 3.63) is 93.6 Å². The molecule has 1 aliphatic rings. The first-order chi connectivity index (χ1) is 16.3. The molecule has 0 saturated carbocycles. The molecule has 4 rings (SSSR count). The Morgan fingerprint density at radius 1 is 1.18 bits per heavy atom. The van der Waals surface area contributed by atoms with E-state index in [9.17, 15) is 14.0 Å². The van der Waals surface area contributed by atoms with Crippen molar-refractivity contribution in [3.63, 3.8) is 0 Å². The first kappa shape index (κ1) is 23.9. The summed E-state index contributed by atoms with van der Waals surface area (Å²) in [6.45, 7) is 1.68. The molecule has 1 N–H and O–H groups in total. The zero-order chi connectivity index (χ0) is 24.2. The second kappa shape index (κ2) is 10.4. The second-order valence-corrected chi connectivity index (χ2v) is 9.47. The highest BCUT2D eigenvalue weighted by Crippen LogP contribution is 2.36. The largest absolute Gasteiger partial charge is 0.484 e. The van der Waals surface area contributed by atoms with Crippen molar-refractivity contribution in [2.75, 3.05) is 16.8 Å². The third-order valence-corrected chi connectivity index (χ3v) is 6.42. The number of hydrogen-bond acceptors (Lipinski definition) is 5. The smallest absolute Gasteiger partial charge is 0.270 e. The number of thiocarbonyl (C=S) groups is 1. The van der Waals surface area contributed by atoms with Gasteiger partial charge in [-0.05, 0) is 72.7 Å². The van der Waals surface area contributed by atoms with Crippen LogP contribution < -0.4 is 15.0 Å². The van der Waals surface area contributed by atoms with E-state index in [1.54, 1.807) is 36.4 Å². The van der Waals surface area contributed by atoms with Gasteiger partial charge in [-0.1, -0.05) is 53.8 Å². The number of nitrogens with zero attached hydrogens (tertiary/aromatic N) is 1. The first-order valence-corrected chi connectivity index (χ1v) is 11.7. The van der Waals surface area contributed by atoms with Crippen LogP contribution in [0, 0.1) is 12.7 Å². The predicted octanol–water partition coefficient (Wildman–Crippen LogP) is 6.21. The molecule has 0 aromatic heterocycles. The Morgan fingerprint density at radius 3 is 2.71 bits per heavy atom. The first-order valence-electron chi connectivity index (χ1n) is 10.1. The fraction of sp³-hybridized carbons (Fsp3) is 0.0800. The van der Waals surface area contributed by atoms with Crippen LogP contribution in [0.5, 0.6) is 5.75 Å². The standard InChI is InChI=1S/C25H18ClFN2O3S2/c1-15-5-6-17(26)13-21(15)28-23(30)14-32-20-4-2-3-16(11-20)12-22-24(31)29(25(33)34-22)19-9-7-18(27)8-10-19/h2-13H,14H2,1H3,(H,28,30)/b22-12-. The van der Waals surface area contributed by atoms with Crippen molar-refractivity contribution in [2.45, 2.75) is 6.92 Å². The van der Waals surface area contributed by atoms with E-state index in [2.05, 4.69) is 5.32 Å². The molecule has 1 heterocycles. The van der Waals surface area contributed by atoms with Crippen molar-refractivity contribution < 1.29 is 18.7 Å². The molecule has 0 aliphatic carbocycles. The topological polar surface area (TPSA) is 58.6 Å². The van der Waals surface area contributed by atoms with Gasteiger partial charge in [0.25, 0.3) is 11.8 Å². The van der Waals surface area contributed by atoms with Gasteiger partial charge < -0.3 is 10.1 Å². The molecule has 0 bridgehead atoms. The number of carbonyl (C=O) groups excluding carboxylic acids is 2. The SMILES string of the molecule is Cc1ccc(Cl)cc1NC(=O)COc1cccc(/C=C2\SC(=S)N(c3ccc(F)cc3)C2=O)c1. The fourth-order valence-electron chi connectivity index (χ4n) is 3.19. The summed E-state index contributed by atoms with van der Waals surface area (Å²) in [5, 5.41) is 3.30. The summed E-state index contributed by atoms with van der Waals surface area (Å²) < 4.78 is 19.2. The number of amides is 2. The maximum atomic E-state index is 13.2. The highest BCUT2D eigenvalue weighted by Gasteiger charge is 2.33. The van der Waals surface area contributed by atoms with Gasteiger partial charge in [0.1, 0.15) is 11.6 Å². The Hall–Kier alpha value is -3.20. The summed E-state index contributed by atoms with van der Waals surface area (Å²) in [4.78, 5) is 27.0. The molecule has 0 atom stereocenters. The average molecular weight is 513 g/mol. The number of ether oxygens (including phenoxy) is 1. The molecule has 2 amide bonds. The van der Waals surface area contributed by atoms with Crippen molar-refractivity contribution in [1.82, 2.24) is 0 Å². The van der Waals surface area contributed by atoms with E-state index in [4.69, 9.17) is 28.6 Å². The molecule has 9 heteroatoms. The van der Waals surface area contributed by atoms with E-state index >= 15 is 0 Å². The molecule has 0 radical (unpaired) electrons. The lowest BCUT2D eigenvalue weighted by Gasteiger charge is -2.14. The molecule has 0 spiro atoms. The summed E-state index contributed by atoms with van der Waals surface area (Å²) in [6, 6.07) is 17.8. The van der Waals surface area contributed by atoms with Crippen LogP contribution in [0.2, 0.25) is 5.02 Å². The molecule has 172 valence electrons. The predicted molar refractivity (Wildman–Crippen MR) is 139 cm³/mol. The summed E-state index contributed by atoms with van der Waals surface area (Å²) in [5.41, 5.74) is 2.73. The van der Waals surface area contributed by atoms with Crippen molar-refractivity contribution in [1.29, 1.82) is 0 Å². The molecule has 3 aromatic carbocycles. The van der Waals surface area contributed by atoms with Crippen LogP contribution in [0.4, 0.5) is 15.8 Å². The van der Waals surface area contributed by atoms with Gasteiger partial charge in [-0.3, -0.25) is 14.5 Å². The Labute approximate surface area is 210 Å². The van der Waals surface area contributed by atoms with Gasteiger partial charge in [0.2, 0.25) is 0 Å². The van der Waals surface area contributed by atoms with E-state index < -0.39 is 5.82 Å². The van der Waals surface area contributed by atoms with Crippen LogP contribution in [0.1, 0.15) is 11.1 Å². The molecule has 5 nitrogen and oxygen atoms in total. The van der Waals surface area contributed by atoms with Gasteiger partial charge in [-0.15, -0.1) is 0 Å². The van der Waals surface area contributed by atoms with E-state index in [0.717, 1.165) is 17.3 Å². The van der Waals surface area contributed by atoms with Crippen LogP contribution in [0.15, 0.2) is 71.6 Å². The van der Waals surface area contributed by atoms with Crippen molar-refractivity contribution in [2.24, 2.45) is 0 Å². The molecular weight excluding hydrogens is 495 g/mol. The number of anilines is 2. The Bertz CT molecular complexity index is 1310. The third kappa shape index (κ3) is 5.64. The van der Waals surface area contributed by atoms with Gasteiger partial charge in [0.05, 0.1) is 10.6 Å². The van der Waals surface area contributed by atoms with Gasteiger partial charge in [0, 0.05) is 10.7 Å². The molecule has 1 aliphatic heterocycles. The quantitative estimate of drug-likeness (QED) is 0.314. The number of aryl methyl sites for hydroxylation is 1. The summed E-state index contributed by atoms with van der Waals surface area (Å²) >= 11 is 12.5. The fourth-order valence-corrected chi connectivity index (χ4v) is 4.66. The number of carbonyl (C=O) groups is 2. The normalized spacial score (nSPS) is 14.6. The number of nitrogens with one attached hydrogen (secondary N) is 1. The van der Waals surface area contributed by atoms with Gasteiger partial charge >= 0.3 is 0 Å². The van der Waals surface area contributed by atoms with Crippen LogP contribution >= 0.6 is 35.6 Å².